The van der Waals surface area contributed by atoms with E-state index in [4.69, 9.17) is 4.74 Å². The highest BCUT2D eigenvalue weighted by atomic mass is 16.5. The van der Waals surface area contributed by atoms with Crippen molar-refractivity contribution in [2.45, 2.75) is 32.9 Å². The second-order valence-electron chi connectivity index (χ2n) is 7.57. The molecule has 1 aliphatic heterocycles. The zero-order valence-corrected chi connectivity index (χ0v) is 17.5. The van der Waals surface area contributed by atoms with Crippen LogP contribution < -0.4 is 20.3 Å². The number of amides is 2. The number of aromatic nitrogens is 1. The number of rotatable bonds is 7. The molecule has 1 saturated heterocycles. The summed E-state index contributed by atoms with van der Waals surface area (Å²) in [5.41, 5.74) is 1.84. The number of anilines is 2. The van der Waals surface area contributed by atoms with E-state index in [2.05, 4.69) is 56.6 Å². The van der Waals surface area contributed by atoms with E-state index in [1.807, 2.05) is 19.9 Å². The molecule has 0 radical (unpaired) electrons. The van der Waals surface area contributed by atoms with Gasteiger partial charge < -0.3 is 20.3 Å². The van der Waals surface area contributed by atoms with Gasteiger partial charge in [-0.25, -0.2) is 9.78 Å². The van der Waals surface area contributed by atoms with E-state index < -0.39 is 0 Å². The van der Waals surface area contributed by atoms with Crippen molar-refractivity contribution in [3.05, 3.63) is 48.7 Å². The standard InChI is InChI=1S/C22H31N5O2/c1-17(2)29-21-20(10-7-11-23-21)25-22(28)24-16-18(3)26-12-14-27(15-13-26)19-8-5-4-6-9-19/h4-11,17-18H,12-16H2,1-3H3,(H2,24,25,28). The van der Waals surface area contributed by atoms with Crippen molar-refractivity contribution in [2.24, 2.45) is 0 Å². The summed E-state index contributed by atoms with van der Waals surface area (Å²) in [6.45, 7) is 10.5. The fourth-order valence-electron chi connectivity index (χ4n) is 3.40. The summed E-state index contributed by atoms with van der Waals surface area (Å²) in [7, 11) is 0. The smallest absolute Gasteiger partial charge is 0.319 e. The molecule has 7 nitrogen and oxygen atoms in total. The second kappa shape index (κ2) is 10.1. The molecule has 1 aliphatic rings. The maximum absolute atomic E-state index is 12.3. The lowest BCUT2D eigenvalue weighted by molar-refractivity contribution is 0.192. The minimum absolute atomic E-state index is 0.0110. The molecule has 2 aromatic rings. The first kappa shape index (κ1) is 20.9. The Labute approximate surface area is 173 Å². The van der Waals surface area contributed by atoms with Gasteiger partial charge >= 0.3 is 6.03 Å². The van der Waals surface area contributed by atoms with E-state index in [0.717, 1.165) is 26.2 Å². The van der Waals surface area contributed by atoms with Crippen LogP contribution in [0.25, 0.3) is 0 Å². The fraction of sp³-hybridized carbons (Fsp3) is 0.455. The number of hydrogen-bond acceptors (Lipinski definition) is 5. The summed E-state index contributed by atoms with van der Waals surface area (Å²) in [4.78, 5) is 21.4. The third kappa shape index (κ3) is 6.09. The van der Waals surface area contributed by atoms with Gasteiger partial charge in [0.15, 0.2) is 0 Å². The zero-order chi connectivity index (χ0) is 20.6. The van der Waals surface area contributed by atoms with Gasteiger partial charge in [0.05, 0.1) is 6.10 Å². The first-order valence-electron chi connectivity index (χ1n) is 10.2. The number of pyridine rings is 1. The predicted molar refractivity (Wildman–Crippen MR) is 117 cm³/mol. The fourth-order valence-corrected chi connectivity index (χ4v) is 3.40. The molecule has 7 heteroatoms. The van der Waals surface area contributed by atoms with Crippen LogP contribution in [0.5, 0.6) is 5.88 Å². The minimum Gasteiger partial charge on any atom is -0.473 e. The average molecular weight is 398 g/mol. The molecule has 2 heterocycles. The Bertz CT molecular complexity index is 776. The van der Waals surface area contributed by atoms with Gasteiger partial charge in [-0.15, -0.1) is 0 Å². The lowest BCUT2D eigenvalue weighted by atomic mass is 10.2. The van der Waals surface area contributed by atoms with Gasteiger partial charge in [0.1, 0.15) is 5.69 Å². The van der Waals surface area contributed by atoms with Gasteiger partial charge in [-0.05, 0) is 45.0 Å². The van der Waals surface area contributed by atoms with Gasteiger partial charge in [-0.1, -0.05) is 18.2 Å². The highest BCUT2D eigenvalue weighted by molar-refractivity contribution is 5.90. The van der Waals surface area contributed by atoms with Gasteiger partial charge in [0.2, 0.25) is 5.88 Å². The van der Waals surface area contributed by atoms with Crippen molar-refractivity contribution in [3.8, 4) is 5.88 Å². The number of carbonyl (C=O) groups excluding carboxylic acids is 1. The van der Waals surface area contributed by atoms with E-state index in [0.29, 0.717) is 18.1 Å². The van der Waals surface area contributed by atoms with Crippen molar-refractivity contribution in [1.29, 1.82) is 0 Å². The largest absolute Gasteiger partial charge is 0.473 e. The van der Waals surface area contributed by atoms with E-state index in [9.17, 15) is 4.79 Å². The first-order chi connectivity index (χ1) is 14.0. The Morgan fingerprint density at radius 3 is 2.48 bits per heavy atom. The highest BCUT2D eigenvalue weighted by Gasteiger charge is 2.21. The molecule has 1 aromatic heterocycles. The SMILES string of the molecule is CC(C)Oc1ncccc1NC(=O)NCC(C)N1CCN(c2ccccc2)CC1. The predicted octanol–water partition coefficient (Wildman–Crippen LogP) is 3.20. The number of nitrogens with one attached hydrogen (secondary N) is 2. The van der Waals surface area contributed by atoms with E-state index in [1.54, 1.807) is 18.3 Å². The Morgan fingerprint density at radius 2 is 1.79 bits per heavy atom. The molecule has 0 spiro atoms. The van der Waals surface area contributed by atoms with Crippen LogP contribution in [0.2, 0.25) is 0 Å². The van der Waals surface area contributed by atoms with Crippen LogP contribution in [0.15, 0.2) is 48.7 Å². The van der Waals surface area contributed by atoms with E-state index in [-0.39, 0.29) is 18.2 Å². The number of ether oxygens (including phenoxy) is 1. The molecule has 3 rings (SSSR count). The monoisotopic (exact) mass is 397 g/mol. The maximum atomic E-state index is 12.3. The molecule has 1 aromatic carbocycles. The first-order valence-corrected chi connectivity index (χ1v) is 10.2. The molecular weight excluding hydrogens is 366 g/mol. The van der Waals surface area contributed by atoms with Crippen molar-refractivity contribution in [1.82, 2.24) is 15.2 Å². The Balaban J connectivity index is 1.44. The number of urea groups is 1. The number of benzene rings is 1. The van der Waals surface area contributed by atoms with Crippen molar-refractivity contribution in [3.63, 3.8) is 0 Å². The van der Waals surface area contributed by atoms with Crippen molar-refractivity contribution >= 4 is 17.4 Å². The molecular formula is C22H31N5O2. The molecule has 29 heavy (non-hydrogen) atoms. The molecule has 1 unspecified atom stereocenters. The number of hydrogen-bond donors (Lipinski definition) is 2. The quantitative estimate of drug-likeness (QED) is 0.751. The molecule has 0 saturated carbocycles. The normalized spacial score (nSPS) is 15.8. The van der Waals surface area contributed by atoms with E-state index >= 15 is 0 Å². The van der Waals surface area contributed by atoms with Crippen LogP contribution in [0.3, 0.4) is 0 Å². The molecule has 2 N–H and O–H groups in total. The minimum atomic E-state index is -0.249. The van der Waals surface area contributed by atoms with Crippen molar-refractivity contribution < 1.29 is 9.53 Å². The Kier molecular flexibility index (Phi) is 7.30. The topological polar surface area (TPSA) is 69.7 Å². The average Bonchev–Trinajstić information content (AvgIpc) is 2.74. The molecule has 2 amide bonds. The second-order valence-corrected chi connectivity index (χ2v) is 7.57. The Hall–Kier alpha value is -2.80. The maximum Gasteiger partial charge on any atom is 0.319 e. The molecule has 1 fully saturated rings. The van der Waals surface area contributed by atoms with Gasteiger partial charge in [-0.3, -0.25) is 4.90 Å². The third-order valence-corrected chi connectivity index (χ3v) is 4.98. The van der Waals surface area contributed by atoms with Crippen LogP contribution in [-0.2, 0) is 0 Å². The van der Waals surface area contributed by atoms with Gasteiger partial charge in [0, 0.05) is 50.6 Å². The van der Waals surface area contributed by atoms with Crippen LogP contribution in [0, 0.1) is 0 Å². The lowest BCUT2D eigenvalue weighted by Gasteiger charge is -2.39. The zero-order valence-electron chi connectivity index (χ0n) is 17.5. The lowest BCUT2D eigenvalue weighted by Crippen LogP contribution is -2.52. The summed E-state index contributed by atoms with van der Waals surface area (Å²) in [5, 5.41) is 5.80. The summed E-state index contributed by atoms with van der Waals surface area (Å²) in [6, 6.07) is 14.1. The molecule has 156 valence electrons. The van der Waals surface area contributed by atoms with Crippen LogP contribution in [-0.4, -0.2) is 60.8 Å². The van der Waals surface area contributed by atoms with E-state index in [1.165, 1.54) is 5.69 Å². The van der Waals surface area contributed by atoms with Gasteiger partial charge in [0.25, 0.3) is 0 Å². The van der Waals surface area contributed by atoms with Crippen LogP contribution in [0.1, 0.15) is 20.8 Å². The van der Waals surface area contributed by atoms with Gasteiger partial charge in [-0.2, -0.15) is 0 Å². The molecule has 0 aliphatic carbocycles. The summed E-state index contributed by atoms with van der Waals surface area (Å²) >= 11 is 0. The molecule has 0 bridgehead atoms. The van der Waals surface area contributed by atoms with Crippen LogP contribution >= 0.6 is 0 Å². The van der Waals surface area contributed by atoms with Crippen LogP contribution in [0.4, 0.5) is 16.2 Å². The number of piperazine rings is 1. The number of carbonyl (C=O) groups is 1. The third-order valence-electron chi connectivity index (χ3n) is 4.98. The summed E-state index contributed by atoms with van der Waals surface area (Å²) in [5.74, 6) is 0.433. The number of nitrogens with zero attached hydrogens (tertiary/aromatic N) is 3. The highest BCUT2D eigenvalue weighted by Crippen LogP contribution is 2.21. The Morgan fingerprint density at radius 1 is 1.07 bits per heavy atom. The van der Waals surface area contributed by atoms with Crippen molar-refractivity contribution in [2.75, 3.05) is 42.9 Å². The summed E-state index contributed by atoms with van der Waals surface area (Å²) < 4.78 is 5.65. The summed E-state index contributed by atoms with van der Waals surface area (Å²) in [6.07, 6.45) is 1.64. The number of para-hydroxylation sites is 1. The molecule has 1 atom stereocenters.